The van der Waals surface area contributed by atoms with Crippen molar-refractivity contribution in [3.8, 4) is 16.9 Å². The first-order chi connectivity index (χ1) is 15.8. The van der Waals surface area contributed by atoms with Gasteiger partial charge in [-0.05, 0) is 30.3 Å². The van der Waals surface area contributed by atoms with Crippen LogP contribution in [0.4, 0.5) is 5.69 Å². The summed E-state index contributed by atoms with van der Waals surface area (Å²) in [6.07, 6.45) is 0. The van der Waals surface area contributed by atoms with Gasteiger partial charge in [-0.15, -0.1) is 0 Å². The van der Waals surface area contributed by atoms with Crippen molar-refractivity contribution >= 4 is 28.4 Å². The van der Waals surface area contributed by atoms with Gasteiger partial charge in [-0.3, -0.25) is 9.59 Å². The molecule has 32 heavy (non-hydrogen) atoms. The molecule has 0 bridgehead atoms. The summed E-state index contributed by atoms with van der Waals surface area (Å²) >= 11 is 0. The Labute approximate surface area is 185 Å². The molecule has 2 heterocycles. The van der Waals surface area contributed by atoms with Crippen LogP contribution in [0.3, 0.4) is 0 Å². The fourth-order valence-electron chi connectivity index (χ4n) is 4.55. The fraction of sp³-hybridized carbons (Fsp3) is 0. The van der Waals surface area contributed by atoms with E-state index in [0.717, 1.165) is 27.8 Å². The van der Waals surface area contributed by atoms with Crippen molar-refractivity contribution in [3.63, 3.8) is 0 Å². The average Bonchev–Trinajstić information content (AvgIpc) is 3.32. The van der Waals surface area contributed by atoms with Crippen LogP contribution in [0.2, 0.25) is 0 Å². The first-order valence-electron chi connectivity index (χ1n) is 10.5. The van der Waals surface area contributed by atoms with E-state index in [9.17, 15) is 9.59 Å². The number of benzene rings is 4. The molecule has 0 saturated carbocycles. The Morgan fingerprint density at radius 3 is 1.72 bits per heavy atom. The van der Waals surface area contributed by atoms with E-state index in [-0.39, 0.29) is 11.8 Å². The maximum atomic E-state index is 13.5. The van der Waals surface area contributed by atoms with E-state index in [2.05, 4.69) is 4.57 Å². The lowest BCUT2D eigenvalue weighted by Gasteiger charge is -2.18. The normalized spacial score (nSPS) is 13.1. The SMILES string of the molecule is O=C1c2ccccc2C(=O)N1c1c(-c2ccccc2)n(-c2ccccc2)c2ccccc12. The predicted octanol–water partition coefficient (Wildman–Crippen LogP) is 6.10. The van der Waals surface area contributed by atoms with Gasteiger partial charge in [-0.1, -0.05) is 78.9 Å². The maximum Gasteiger partial charge on any atom is 0.266 e. The van der Waals surface area contributed by atoms with Crippen LogP contribution in [0.1, 0.15) is 20.7 Å². The van der Waals surface area contributed by atoms with Crippen LogP contribution in [0.5, 0.6) is 0 Å². The molecule has 6 rings (SSSR count). The molecule has 4 aromatic carbocycles. The molecule has 1 aliphatic rings. The van der Waals surface area contributed by atoms with E-state index in [1.807, 2.05) is 84.9 Å². The number of amides is 2. The highest BCUT2D eigenvalue weighted by Crippen LogP contribution is 2.44. The lowest BCUT2D eigenvalue weighted by Crippen LogP contribution is -2.29. The Bertz CT molecular complexity index is 1470. The molecular formula is C28H18N2O2. The van der Waals surface area contributed by atoms with Gasteiger partial charge < -0.3 is 4.57 Å². The molecule has 0 spiro atoms. The zero-order valence-corrected chi connectivity index (χ0v) is 17.1. The van der Waals surface area contributed by atoms with Crippen LogP contribution in [0.25, 0.3) is 27.8 Å². The third-order valence-corrected chi connectivity index (χ3v) is 5.93. The number of hydrogen-bond acceptors (Lipinski definition) is 2. The summed E-state index contributed by atoms with van der Waals surface area (Å²) in [5.41, 5.74) is 5.13. The summed E-state index contributed by atoms with van der Waals surface area (Å²) in [7, 11) is 0. The summed E-state index contributed by atoms with van der Waals surface area (Å²) in [5.74, 6) is -0.586. The number of carbonyl (C=O) groups excluding carboxylic acids is 2. The van der Waals surface area contributed by atoms with Crippen molar-refractivity contribution in [2.45, 2.75) is 0 Å². The van der Waals surface area contributed by atoms with E-state index in [1.165, 1.54) is 4.90 Å². The fourth-order valence-corrected chi connectivity index (χ4v) is 4.55. The van der Waals surface area contributed by atoms with Crippen molar-refractivity contribution in [2.75, 3.05) is 4.90 Å². The molecule has 1 aliphatic heterocycles. The molecule has 0 N–H and O–H groups in total. The first kappa shape index (κ1) is 18.3. The predicted molar refractivity (Wildman–Crippen MR) is 126 cm³/mol. The zero-order valence-electron chi connectivity index (χ0n) is 17.1. The third kappa shape index (κ3) is 2.56. The highest BCUT2D eigenvalue weighted by atomic mass is 16.2. The lowest BCUT2D eigenvalue weighted by molar-refractivity contribution is 0.0926. The summed E-state index contributed by atoms with van der Waals surface area (Å²) in [4.78, 5) is 28.3. The second kappa shape index (κ2) is 7.06. The van der Waals surface area contributed by atoms with E-state index in [4.69, 9.17) is 0 Å². The van der Waals surface area contributed by atoms with Crippen LogP contribution in [0.15, 0.2) is 109 Å². The van der Waals surface area contributed by atoms with Gasteiger partial charge in [-0.25, -0.2) is 4.90 Å². The maximum absolute atomic E-state index is 13.5. The molecule has 0 radical (unpaired) electrons. The average molecular weight is 414 g/mol. The van der Waals surface area contributed by atoms with Gasteiger partial charge in [0, 0.05) is 16.6 Å². The minimum atomic E-state index is -0.293. The third-order valence-electron chi connectivity index (χ3n) is 5.93. The number of fused-ring (bicyclic) bond motifs is 2. The van der Waals surface area contributed by atoms with Crippen LogP contribution >= 0.6 is 0 Å². The van der Waals surface area contributed by atoms with Crippen molar-refractivity contribution in [3.05, 3.63) is 120 Å². The Kier molecular flexibility index (Phi) is 4.05. The quantitative estimate of drug-likeness (QED) is 0.335. The lowest BCUT2D eigenvalue weighted by atomic mass is 10.1. The highest BCUT2D eigenvalue weighted by Gasteiger charge is 2.40. The van der Waals surface area contributed by atoms with E-state index >= 15 is 0 Å². The standard InChI is InChI=1S/C28H18N2O2/c31-27-21-15-7-8-16-22(21)28(32)30(27)26-23-17-9-10-18-24(23)29(20-13-5-2-6-14-20)25(26)19-11-3-1-4-12-19/h1-18H. The van der Waals surface area contributed by atoms with E-state index in [0.29, 0.717) is 16.8 Å². The molecule has 0 fully saturated rings. The van der Waals surface area contributed by atoms with Crippen LogP contribution < -0.4 is 4.90 Å². The first-order valence-corrected chi connectivity index (χ1v) is 10.5. The topological polar surface area (TPSA) is 42.3 Å². The second-order valence-corrected chi connectivity index (χ2v) is 7.74. The number of imide groups is 1. The Hall–Kier alpha value is -4.44. The number of hydrogen-bond donors (Lipinski definition) is 0. The van der Waals surface area contributed by atoms with Gasteiger partial charge in [0.2, 0.25) is 0 Å². The molecule has 5 aromatic rings. The van der Waals surface area contributed by atoms with Gasteiger partial charge in [0.15, 0.2) is 0 Å². The van der Waals surface area contributed by atoms with Gasteiger partial charge >= 0.3 is 0 Å². The summed E-state index contributed by atoms with van der Waals surface area (Å²) in [5, 5.41) is 0.852. The highest BCUT2D eigenvalue weighted by molar-refractivity contribution is 6.37. The summed E-state index contributed by atoms with van der Waals surface area (Å²) < 4.78 is 2.13. The largest absolute Gasteiger partial charge is 0.307 e. The van der Waals surface area contributed by atoms with Crippen molar-refractivity contribution in [1.82, 2.24) is 4.57 Å². The van der Waals surface area contributed by atoms with Crippen LogP contribution in [-0.4, -0.2) is 16.4 Å². The number of carbonyl (C=O) groups is 2. The summed E-state index contributed by atoms with van der Waals surface area (Å²) in [6.45, 7) is 0. The van der Waals surface area contributed by atoms with Gasteiger partial charge in [-0.2, -0.15) is 0 Å². The van der Waals surface area contributed by atoms with E-state index in [1.54, 1.807) is 24.3 Å². The van der Waals surface area contributed by atoms with Crippen LogP contribution in [-0.2, 0) is 0 Å². The molecule has 0 saturated heterocycles. The molecular weight excluding hydrogens is 396 g/mol. The molecule has 0 unspecified atom stereocenters. The van der Waals surface area contributed by atoms with E-state index < -0.39 is 0 Å². The van der Waals surface area contributed by atoms with Crippen molar-refractivity contribution in [1.29, 1.82) is 0 Å². The second-order valence-electron chi connectivity index (χ2n) is 7.74. The monoisotopic (exact) mass is 414 g/mol. The summed E-state index contributed by atoms with van der Waals surface area (Å²) in [6, 6.07) is 34.8. The van der Waals surface area contributed by atoms with Gasteiger partial charge in [0.05, 0.1) is 28.0 Å². The molecule has 0 atom stereocenters. The number of para-hydroxylation sites is 2. The minimum absolute atomic E-state index is 0.293. The smallest absolute Gasteiger partial charge is 0.266 e. The Morgan fingerprint density at radius 1 is 0.531 bits per heavy atom. The molecule has 1 aromatic heterocycles. The Morgan fingerprint density at radius 2 is 1.06 bits per heavy atom. The minimum Gasteiger partial charge on any atom is -0.307 e. The Balaban J connectivity index is 1.74. The molecule has 0 aliphatic carbocycles. The number of nitrogens with zero attached hydrogens (tertiary/aromatic N) is 2. The number of anilines is 1. The number of rotatable bonds is 3. The number of aromatic nitrogens is 1. The molecule has 4 heteroatoms. The van der Waals surface area contributed by atoms with Gasteiger partial charge in [0.25, 0.3) is 11.8 Å². The molecule has 2 amide bonds. The molecule has 4 nitrogen and oxygen atoms in total. The van der Waals surface area contributed by atoms with Gasteiger partial charge in [0.1, 0.15) is 0 Å². The van der Waals surface area contributed by atoms with Crippen LogP contribution in [0, 0.1) is 0 Å². The zero-order chi connectivity index (χ0) is 21.7. The van der Waals surface area contributed by atoms with Crippen molar-refractivity contribution in [2.24, 2.45) is 0 Å². The molecule has 152 valence electrons. The van der Waals surface area contributed by atoms with Crippen molar-refractivity contribution < 1.29 is 9.59 Å².